The van der Waals surface area contributed by atoms with Gasteiger partial charge in [0.1, 0.15) is 17.7 Å². The van der Waals surface area contributed by atoms with Gasteiger partial charge in [-0.25, -0.2) is 8.78 Å². The second-order valence-corrected chi connectivity index (χ2v) is 16.4. The van der Waals surface area contributed by atoms with Gasteiger partial charge in [0.25, 0.3) is 0 Å². The SMILES string of the molecule is N#Cc1cc(-n2c3ccccc3c3ccc(-c4cccnc4-c4ccccc4)cc32)c(-c2cc(F)cc(F)c2)cc1-n1c2ccccc2c2ccc(-c3cccnc3-c3ccccc3)cc21. The first-order valence-electron chi connectivity index (χ1n) is 21.7. The summed E-state index contributed by atoms with van der Waals surface area (Å²) in [5.74, 6) is -1.41. The summed E-state index contributed by atoms with van der Waals surface area (Å²) in [6, 6.07) is 67.1. The molecule has 12 rings (SSSR count). The van der Waals surface area contributed by atoms with E-state index in [1.807, 2.05) is 97.1 Å². The predicted molar refractivity (Wildman–Crippen MR) is 263 cm³/mol. The molecule has 7 heteroatoms. The topological polar surface area (TPSA) is 59.4 Å². The van der Waals surface area contributed by atoms with Crippen molar-refractivity contribution in [2.45, 2.75) is 0 Å². The molecule has 0 atom stereocenters. The maximum atomic E-state index is 15.5. The molecule has 310 valence electrons. The molecule has 0 unspecified atom stereocenters. The van der Waals surface area contributed by atoms with E-state index in [1.165, 1.54) is 12.1 Å². The number of rotatable bonds is 7. The molecule has 0 saturated heterocycles. The summed E-state index contributed by atoms with van der Waals surface area (Å²) in [5, 5.41) is 15.2. The lowest BCUT2D eigenvalue weighted by Gasteiger charge is -2.19. The van der Waals surface area contributed by atoms with Crippen molar-refractivity contribution in [3.05, 3.63) is 230 Å². The number of pyridine rings is 2. The van der Waals surface area contributed by atoms with Crippen molar-refractivity contribution in [3.63, 3.8) is 0 Å². The Morgan fingerprint density at radius 3 is 1.35 bits per heavy atom. The van der Waals surface area contributed by atoms with Gasteiger partial charge in [-0.2, -0.15) is 5.26 Å². The van der Waals surface area contributed by atoms with Crippen LogP contribution < -0.4 is 0 Å². The van der Waals surface area contributed by atoms with Gasteiger partial charge in [0, 0.05) is 67.8 Å². The van der Waals surface area contributed by atoms with Crippen molar-refractivity contribution < 1.29 is 8.78 Å². The van der Waals surface area contributed by atoms with Crippen LogP contribution in [0.25, 0.3) is 111 Å². The fourth-order valence-electron chi connectivity index (χ4n) is 9.70. The van der Waals surface area contributed by atoms with Crippen LogP contribution in [0.1, 0.15) is 5.56 Å². The summed E-state index contributed by atoms with van der Waals surface area (Å²) in [5.41, 5.74) is 13.4. The smallest absolute Gasteiger partial charge is 0.126 e. The van der Waals surface area contributed by atoms with E-state index in [0.717, 1.165) is 94.4 Å². The zero-order valence-electron chi connectivity index (χ0n) is 35.2. The van der Waals surface area contributed by atoms with Gasteiger partial charge in [0.15, 0.2) is 0 Å². The van der Waals surface area contributed by atoms with E-state index in [1.54, 1.807) is 12.4 Å². The third-order valence-electron chi connectivity index (χ3n) is 12.6. The molecule has 12 aromatic rings. The molecule has 0 radical (unpaired) electrons. The Balaban J connectivity index is 1.14. The van der Waals surface area contributed by atoms with Crippen LogP contribution in [-0.4, -0.2) is 19.1 Å². The van der Waals surface area contributed by atoms with Gasteiger partial charge in [-0.3, -0.25) is 9.97 Å². The summed E-state index contributed by atoms with van der Waals surface area (Å²) >= 11 is 0. The largest absolute Gasteiger partial charge is 0.309 e. The summed E-state index contributed by atoms with van der Waals surface area (Å²) in [6.07, 6.45) is 3.60. The Hall–Kier alpha value is -8.99. The molecule has 4 heterocycles. The van der Waals surface area contributed by atoms with Crippen LogP contribution in [-0.2, 0) is 0 Å². The number of hydrogen-bond donors (Lipinski definition) is 0. The first-order valence-corrected chi connectivity index (χ1v) is 21.7. The molecule has 0 spiro atoms. The molecule has 0 aliphatic carbocycles. The van der Waals surface area contributed by atoms with Crippen LogP contribution >= 0.6 is 0 Å². The maximum Gasteiger partial charge on any atom is 0.126 e. The first-order chi connectivity index (χ1) is 32.5. The van der Waals surface area contributed by atoms with E-state index < -0.39 is 11.6 Å². The van der Waals surface area contributed by atoms with Crippen LogP contribution in [0.3, 0.4) is 0 Å². The molecule has 0 N–H and O–H groups in total. The molecule has 5 nitrogen and oxygen atoms in total. The normalized spacial score (nSPS) is 11.5. The fourth-order valence-corrected chi connectivity index (χ4v) is 9.70. The standard InChI is InChI=1S/C59H35F2N5/c60-43-29-41(30-44(61)34-43)51-35-54(65-52-21-9-7-17-47(52)49-25-23-39(31-55(49)65)45-19-11-27-63-58(45)37-13-3-1-4-14-37)42(36-62)33-57(51)66-53-22-10-8-18-48(53)50-26-24-40(32-56(50)66)46-20-12-28-64-59(46)38-15-5-2-6-16-38/h1-35H. The number of aromatic nitrogens is 4. The summed E-state index contributed by atoms with van der Waals surface area (Å²) < 4.78 is 35.2. The highest BCUT2D eigenvalue weighted by Gasteiger charge is 2.24. The lowest BCUT2D eigenvalue weighted by molar-refractivity contribution is 0.584. The number of benzene rings is 8. The first kappa shape index (κ1) is 38.7. The Kier molecular flexibility index (Phi) is 9.18. The number of nitrogens with zero attached hydrogens (tertiary/aromatic N) is 5. The summed E-state index contributed by atoms with van der Waals surface area (Å²) in [6.45, 7) is 0. The highest BCUT2D eigenvalue weighted by atomic mass is 19.1. The van der Waals surface area contributed by atoms with E-state index in [4.69, 9.17) is 9.97 Å². The van der Waals surface area contributed by atoms with E-state index in [-0.39, 0.29) is 0 Å². The lowest BCUT2D eigenvalue weighted by atomic mass is 9.97. The Labute approximate surface area is 378 Å². The van der Waals surface area contributed by atoms with E-state index in [9.17, 15) is 5.26 Å². The third-order valence-corrected chi connectivity index (χ3v) is 12.6. The Morgan fingerprint density at radius 1 is 0.364 bits per heavy atom. The van der Waals surface area contributed by atoms with E-state index in [2.05, 4.69) is 100 Å². The van der Waals surface area contributed by atoms with Crippen molar-refractivity contribution in [1.82, 2.24) is 19.1 Å². The lowest BCUT2D eigenvalue weighted by Crippen LogP contribution is -2.04. The Morgan fingerprint density at radius 2 is 0.833 bits per heavy atom. The van der Waals surface area contributed by atoms with E-state index in [0.29, 0.717) is 28.1 Å². The molecule has 0 aliphatic heterocycles. The minimum absolute atomic E-state index is 0.332. The van der Waals surface area contributed by atoms with Gasteiger partial charge in [-0.15, -0.1) is 0 Å². The van der Waals surface area contributed by atoms with Crippen molar-refractivity contribution in [3.8, 4) is 73.3 Å². The molecular formula is C59H35F2N5. The van der Waals surface area contributed by atoms with Gasteiger partial charge >= 0.3 is 0 Å². The summed E-state index contributed by atoms with van der Waals surface area (Å²) in [7, 11) is 0. The number of halogens is 2. The van der Waals surface area contributed by atoms with Crippen molar-refractivity contribution >= 4 is 43.6 Å². The zero-order valence-corrected chi connectivity index (χ0v) is 35.2. The molecule has 0 bridgehead atoms. The van der Waals surface area contributed by atoms with Crippen LogP contribution in [0.4, 0.5) is 8.78 Å². The number of para-hydroxylation sites is 2. The van der Waals surface area contributed by atoms with E-state index >= 15 is 8.78 Å². The zero-order chi connectivity index (χ0) is 44.3. The molecule has 0 saturated carbocycles. The Bertz CT molecular complexity index is 3900. The van der Waals surface area contributed by atoms with Crippen molar-refractivity contribution in [2.75, 3.05) is 0 Å². The second-order valence-electron chi connectivity index (χ2n) is 16.4. The van der Waals surface area contributed by atoms with Crippen LogP contribution in [0, 0.1) is 23.0 Å². The minimum Gasteiger partial charge on any atom is -0.309 e. The molecule has 66 heavy (non-hydrogen) atoms. The molecular weight excluding hydrogens is 817 g/mol. The molecule has 0 amide bonds. The molecule has 8 aromatic carbocycles. The molecule has 0 fully saturated rings. The van der Waals surface area contributed by atoms with Crippen LogP contribution in [0.5, 0.6) is 0 Å². The van der Waals surface area contributed by atoms with Gasteiger partial charge in [0.05, 0.1) is 50.4 Å². The second kappa shape index (κ2) is 15.7. The molecule has 0 aliphatic rings. The van der Waals surface area contributed by atoms with Gasteiger partial charge in [-0.05, 0) is 77.4 Å². The average Bonchev–Trinajstić information content (AvgIpc) is 3.88. The fraction of sp³-hybridized carbons (Fsp3) is 0. The average molecular weight is 852 g/mol. The highest BCUT2D eigenvalue weighted by molar-refractivity contribution is 6.12. The van der Waals surface area contributed by atoms with Gasteiger partial charge in [0.2, 0.25) is 0 Å². The quantitative estimate of drug-likeness (QED) is 0.160. The van der Waals surface area contributed by atoms with Crippen molar-refractivity contribution in [2.24, 2.45) is 0 Å². The maximum absolute atomic E-state index is 15.5. The van der Waals surface area contributed by atoms with Gasteiger partial charge in [-0.1, -0.05) is 133 Å². The van der Waals surface area contributed by atoms with Crippen LogP contribution in [0.15, 0.2) is 213 Å². The highest BCUT2D eigenvalue weighted by Crippen LogP contribution is 2.43. The van der Waals surface area contributed by atoms with Gasteiger partial charge < -0.3 is 9.13 Å². The number of nitriles is 1. The summed E-state index contributed by atoms with van der Waals surface area (Å²) in [4.78, 5) is 9.64. The number of fused-ring (bicyclic) bond motifs is 6. The number of hydrogen-bond acceptors (Lipinski definition) is 3. The molecule has 4 aromatic heterocycles. The third kappa shape index (κ3) is 6.35. The van der Waals surface area contributed by atoms with Crippen molar-refractivity contribution in [1.29, 1.82) is 5.26 Å². The monoisotopic (exact) mass is 851 g/mol. The predicted octanol–water partition coefficient (Wildman–Crippen LogP) is 15.2. The van der Waals surface area contributed by atoms with Crippen LogP contribution in [0.2, 0.25) is 0 Å². The minimum atomic E-state index is -0.705.